The van der Waals surface area contributed by atoms with E-state index >= 15 is 0 Å². The second-order valence-corrected chi connectivity index (χ2v) is 3.99. The van der Waals surface area contributed by atoms with Crippen molar-refractivity contribution in [1.82, 2.24) is 4.98 Å². The van der Waals surface area contributed by atoms with Gasteiger partial charge in [-0.05, 0) is 52.3 Å². The number of rotatable bonds is 3. The van der Waals surface area contributed by atoms with Crippen LogP contribution in [0.5, 0.6) is 0 Å². The summed E-state index contributed by atoms with van der Waals surface area (Å²) in [5.74, 6) is 0.495. The van der Waals surface area contributed by atoms with Gasteiger partial charge < -0.3 is 4.42 Å². The van der Waals surface area contributed by atoms with Gasteiger partial charge >= 0.3 is 0 Å². The third-order valence-electron chi connectivity index (χ3n) is 1.92. The molecule has 0 aliphatic heterocycles. The van der Waals surface area contributed by atoms with Crippen molar-refractivity contribution in [3.63, 3.8) is 0 Å². The molecular weight excluding hydrogens is 270 g/mol. The number of halogens is 1. The Labute approximate surface area is 101 Å². The number of hydrogen-bond acceptors (Lipinski definition) is 3. The van der Waals surface area contributed by atoms with Crippen LogP contribution in [0.3, 0.4) is 0 Å². The molecule has 16 heavy (non-hydrogen) atoms. The zero-order valence-electron chi connectivity index (χ0n) is 8.26. The predicted octanol–water partition coefficient (Wildman–Crippen LogP) is 3.33. The molecule has 0 aliphatic carbocycles. The third-order valence-corrected chi connectivity index (χ3v) is 2.39. The van der Waals surface area contributed by atoms with Crippen LogP contribution in [0.4, 0.5) is 0 Å². The molecule has 0 fully saturated rings. The van der Waals surface area contributed by atoms with Crippen LogP contribution in [-0.2, 0) is 0 Å². The highest BCUT2D eigenvalue weighted by molar-refractivity contribution is 9.10. The van der Waals surface area contributed by atoms with E-state index in [1.165, 1.54) is 6.08 Å². The van der Waals surface area contributed by atoms with Crippen molar-refractivity contribution in [1.29, 1.82) is 0 Å². The van der Waals surface area contributed by atoms with E-state index in [0.717, 1.165) is 4.47 Å². The molecule has 80 valence electrons. The highest BCUT2D eigenvalue weighted by Gasteiger charge is 2.02. The first-order valence-corrected chi connectivity index (χ1v) is 5.42. The summed E-state index contributed by atoms with van der Waals surface area (Å²) in [6, 6.07) is 6.99. The Morgan fingerprint density at radius 3 is 2.88 bits per heavy atom. The smallest absolute Gasteiger partial charge is 0.204 e. The number of hydrogen-bond donors (Lipinski definition) is 0. The Morgan fingerprint density at radius 2 is 2.25 bits per heavy atom. The fourth-order valence-electron chi connectivity index (χ4n) is 1.15. The number of aromatic nitrogens is 1. The number of pyridine rings is 1. The zero-order valence-corrected chi connectivity index (χ0v) is 9.85. The average molecular weight is 278 g/mol. The molecule has 0 N–H and O–H groups in total. The number of furan rings is 1. The lowest BCUT2D eigenvalue weighted by molar-refractivity contribution is 0.104. The highest BCUT2D eigenvalue weighted by atomic mass is 79.9. The van der Waals surface area contributed by atoms with Gasteiger partial charge in [-0.15, -0.1) is 0 Å². The molecule has 2 aromatic rings. The molecule has 0 aliphatic rings. The van der Waals surface area contributed by atoms with Crippen LogP contribution in [0.1, 0.15) is 16.2 Å². The SMILES string of the molecule is O=C(/C=C/c1ccco1)c1ccc(Br)cn1. The monoisotopic (exact) mass is 277 g/mol. The number of carbonyl (C=O) groups is 1. The van der Waals surface area contributed by atoms with Crippen molar-refractivity contribution in [2.24, 2.45) is 0 Å². The molecule has 2 aromatic heterocycles. The topological polar surface area (TPSA) is 43.1 Å². The van der Waals surface area contributed by atoms with Crippen molar-refractivity contribution in [2.75, 3.05) is 0 Å². The molecule has 3 nitrogen and oxygen atoms in total. The van der Waals surface area contributed by atoms with Gasteiger partial charge in [-0.3, -0.25) is 9.78 Å². The quantitative estimate of drug-likeness (QED) is 0.638. The van der Waals surface area contributed by atoms with Gasteiger partial charge in [0.05, 0.1) is 6.26 Å². The number of carbonyl (C=O) groups excluding carboxylic acids is 1. The summed E-state index contributed by atoms with van der Waals surface area (Å²) >= 11 is 3.26. The summed E-state index contributed by atoms with van der Waals surface area (Å²) in [5.41, 5.74) is 0.408. The van der Waals surface area contributed by atoms with Gasteiger partial charge in [-0.2, -0.15) is 0 Å². The van der Waals surface area contributed by atoms with E-state index in [0.29, 0.717) is 11.5 Å². The van der Waals surface area contributed by atoms with Crippen molar-refractivity contribution < 1.29 is 9.21 Å². The zero-order chi connectivity index (χ0) is 11.4. The number of nitrogens with zero attached hydrogens (tertiary/aromatic N) is 1. The van der Waals surface area contributed by atoms with E-state index in [-0.39, 0.29) is 5.78 Å². The van der Waals surface area contributed by atoms with E-state index < -0.39 is 0 Å². The standard InChI is InChI=1S/C12H8BrNO2/c13-9-3-5-11(14-8-9)12(15)6-4-10-2-1-7-16-10/h1-8H/b6-4+. The van der Waals surface area contributed by atoms with Gasteiger partial charge in [-0.1, -0.05) is 0 Å². The second kappa shape index (κ2) is 4.90. The first-order valence-electron chi connectivity index (χ1n) is 4.63. The molecule has 0 amide bonds. The van der Waals surface area contributed by atoms with Gasteiger partial charge in [0.25, 0.3) is 0 Å². The van der Waals surface area contributed by atoms with Crippen LogP contribution in [0.25, 0.3) is 6.08 Å². The van der Waals surface area contributed by atoms with Gasteiger partial charge in [0.15, 0.2) is 0 Å². The van der Waals surface area contributed by atoms with Gasteiger partial charge in [0, 0.05) is 10.7 Å². The summed E-state index contributed by atoms with van der Waals surface area (Å²) in [6.07, 6.45) is 6.21. The van der Waals surface area contributed by atoms with E-state index in [9.17, 15) is 4.79 Å². The Hall–Kier alpha value is -1.68. The summed E-state index contributed by atoms with van der Waals surface area (Å²) in [7, 11) is 0. The minimum Gasteiger partial charge on any atom is -0.465 e. The van der Waals surface area contributed by atoms with Crippen LogP contribution in [-0.4, -0.2) is 10.8 Å². The fraction of sp³-hybridized carbons (Fsp3) is 0. The maximum atomic E-state index is 11.6. The van der Waals surface area contributed by atoms with Crippen LogP contribution >= 0.6 is 15.9 Å². The van der Waals surface area contributed by atoms with Crippen molar-refractivity contribution in [3.8, 4) is 0 Å². The van der Waals surface area contributed by atoms with Crippen molar-refractivity contribution in [2.45, 2.75) is 0 Å². The fourth-order valence-corrected chi connectivity index (χ4v) is 1.39. The Kier molecular flexibility index (Phi) is 3.31. The summed E-state index contributed by atoms with van der Waals surface area (Å²) in [6.45, 7) is 0. The third kappa shape index (κ3) is 2.67. The highest BCUT2D eigenvalue weighted by Crippen LogP contribution is 2.09. The van der Waals surface area contributed by atoms with Crippen molar-refractivity contribution in [3.05, 3.63) is 58.7 Å². The van der Waals surface area contributed by atoms with Crippen LogP contribution in [0.2, 0.25) is 0 Å². The van der Waals surface area contributed by atoms with Gasteiger partial charge in [-0.25, -0.2) is 0 Å². The molecule has 0 saturated carbocycles. The molecule has 0 radical (unpaired) electrons. The van der Waals surface area contributed by atoms with E-state index in [1.807, 2.05) is 0 Å². The second-order valence-electron chi connectivity index (χ2n) is 3.07. The molecule has 2 heterocycles. The Bertz CT molecular complexity index is 500. The lowest BCUT2D eigenvalue weighted by Gasteiger charge is -1.94. The molecule has 0 bridgehead atoms. The minimum atomic E-state index is -0.149. The van der Waals surface area contributed by atoms with Gasteiger partial charge in [0.1, 0.15) is 11.5 Å². The lowest BCUT2D eigenvalue weighted by atomic mass is 10.2. The van der Waals surface area contributed by atoms with E-state index in [1.54, 1.807) is 42.8 Å². The molecule has 0 spiro atoms. The Morgan fingerprint density at radius 1 is 1.38 bits per heavy atom. The molecule has 0 unspecified atom stereocenters. The predicted molar refractivity (Wildman–Crippen MR) is 64.0 cm³/mol. The maximum absolute atomic E-state index is 11.6. The lowest BCUT2D eigenvalue weighted by Crippen LogP contribution is -1.96. The first kappa shape index (κ1) is 10.8. The molecule has 2 rings (SSSR count). The van der Waals surface area contributed by atoms with Gasteiger partial charge in [0.2, 0.25) is 5.78 Å². The maximum Gasteiger partial charge on any atom is 0.204 e. The van der Waals surface area contributed by atoms with E-state index in [4.69, 9.17) is 4.42 Å². The van der Waals surface area contributed by atoms with Crippen LogP contribution < -0.4 is 0 Å². The molecule has 0 saturated heterocycles. The summed E-state index contributed by atoms with van der Waals surface area (Å²) in [4.78, 5) is 15.6. The molecular formula is C12H8BrNO2. The Balaban J connectivity index is 2.11. The normalized spacial score (nSPS) is 10.8. The summed E-state index contributed by atoms with van der Waals surface area (Å²) < 4.78 is 5.92. The molecule has 0 atom stereocenters. The number of allylic oxidation sites excluding steroid dienone is 1. The van der Waals surface area contributed by atoms with Crippen molar-refractivity contribution >= 4 is 27.8 Å². The number of ketones is 1. The summed E-state index contributed by atoms with van der Waals surface area (Å²) in [5, 5.41) is 0. The molecule has 4 heteroatoms. The first-order chi connectivity index (χ1) is 7.75. The largest absolute Gasteiger partial charge is 0.465 e. The van der Waals surface area contributed by atoms with Crippen LogP contribution in [0, 0.1) is 0 Å². The van der Waals surface area contributed by atoms with E-state index in [2.05, 4.69) is 20.9 Å². The molecule has 0 aromatic carbocycles. The minimum absolute atomic E-state index is 0.149. The average Bonchev–Trinajstić information content (AvgIpc) is 2.80. The van der Waals surface area contributed by atoms with Crippen LogP contribution in [0.15, 0.2) is 51.7 Å².